The third kappa shape index (κ3) is 4.67. The largest absolute Gasteiger partial charge is 0.336 e. The maximum absolute atomic E-state index is 13.7. The number of amides is 1. The summed E-state index contributed by atoms with van der Waals surface area (Å²) >= 11 is 1.19. The monoisotopic (exact) mass is 512 g/mol. The number of ketones is 1. The van der Waals surface area contributed by atoms with E-state index in [1.54, 1.807) is 6.92 Å². The summed E-state index contributed by atoms with van der Waals surface area (Å²) in [5, 5.41) is -0.168. The first kappa shape index (κ1) is 24.3. The molecule has 0 radical (unpaired) electrons. The van der Waals surface area contributed by atoms with Crippen molar-refractivity contribution in [2.75, 3.05) is 13.1 Å². The summed E-state index contributed by atoms with van der Waals surface area (Å²) in [5.74, 6) is 1.97. The van der Waals surface area contributed by atoms with Crippen LogP contribution in [0.3, 0.4) is 0 Å². The summed E-state index contributed by atoms with van der Waals surface area (Å²) in [6.45, 7) is 6.23. The van der Waals surface area contributed by atoms with Crippen LogP contribution in [0.5, 0.6) is 0 Å². The highest BCUT2D eigenvalue weighted by Crippen LogP contribution is 2.43. The molecule has 1 aliphatic carbocycles. The first-order valence-corrected chi connectivity index (χ1v) is 14.5. The predicted molar refractivity (Wildman–Crippen MR) is 138 cm³/mol. The summed E-state index contributed by atoms with van der Waals surface area (Å²) in [4.78, 5) is 35.2. The Morgan fingerprint density at radius 1 is 1.14 bits per heavy atom. The van der Waals surface area contributed by atoms with E-state index in [0.717, 1.165) is 68.0 Å². The second-order valence-corrected chi connectivity index (χ2v) is 12.6. The molecule has 2 bridgehead atoms. The van der Waals surface area contributed by atoms with Crippen molar-refractivity contribution in [3.05, 3.63) is 39.4 Å². The molecule has 2 saturated heterocycles. The van der Waals surface area contributed by atoms with E-state index in [2.05, 4.69) is 16.4 Å². The Morgan fingerprint density at radius 3 is 2.53 bits per heavy atom. The molecule has 3 fully saturated rings. The van der Waals surface area contributed by atoms with Crippen LogP contribution in [0.4, 0.5) is 4.39 Å². The second-order valence-electron chi connectivity index (χ2n) is 11.5. The molecule has 3 aliphatic heterocycles. The van der Waals surface area contributed by atoms with Gasteiger partial charge in [-0.1, -0.05) is 0 Å². The molecule has 36 heavy (non-hydrogen) atoms. The number of imidazole rings is 1. The molecule has 1 saturated carbocycles. The van der Waals surface area contributed by atoms with Gasteiger partial charge in [0.25, 0.3) is 0 Å². The maximum Gasteiger partial charge on any atom is 0.226 e. The number of fused-ring (bicyclic) bond motifs is 3. The molecule has 2 aromatic heterocycles. The molecule has 6 nitrogen and oxygen atoms in total. The van der Waals surface area contributed by atoms with E-state index in [1.807, 2.05) is 11.0 Å². The summed E-state index contributed by atoms with van der Waals surface area (Å²) in [7, 11) is 0. The van der Waals surface area contributed by atoms with Gasteiger partial charge in [-0.15, -0.1) is 11.3 Å². The molecule has 1 amide bonds. The number of aromatic nitrogens is 2. The number of thiophene rings is 1. The van der Waals surface area contributed by atoms with Gasteiger partial charge >= 0.3 is 0 Å². The second kappa shape index (κ2) is 9.67. The zero-order chi connectivity index (χ0) is 25.0. The van der Waals surface area contributed by atoms with Crippen molar-refractivity contribution in [3.63, 3.8) is 0 Å². The molecule has 0 spiro atoms. The molecule has 2 aromatic rings. The first-order valence-electron chi connectivity index (χ1n) is 13.7. The van der Waals surface area contributed by atoms with Gasteiger partial charge in [0.15, 0.2) is 5.13 Å². The van der Waals surface area contributed by atoms with Crippen molar-refractivity contribution in [2.45, 2.75) is 102 Å². The maximum atomic E-state index is 13.7. The number of rotatable bonds is 8. The Balaban J connectivity index is 1.13. The van der Waals surface area contributed by atoms with Crippen LogP contribution in [0.1, 0.15) is 92.3 Å². The summed E-state index contributed by atoms with van der Waals surface area (Å²) < 4.78 is 16.2. The number of halogens is 1. The van der Waals surface area contributed by atoms with Crippen LogP contribution >= 0.6 is 11.3 Å². The first-order chi connectivity index (χ1) is 17.4. The highest BCUT2D eigenvalue weighted by molar-refractivity contribution is 7.10. The smallest absolute Gasteiger partial charge is 0.226 e. The molecular formula is C28H37FN4O2S. The molecule has 2 unspecified atom stereocenters. The quantitative estimate of drug-likeness (QED) is 0.499. The highest BCUT2D eigenvalue weighted by Gasteiger charge is 2.43. The van der Waals surface area contributed by atoms with E-state index in [0.29, 0.717) is 37.0 Å². The molecule has 3 atom stereocenters. The number of carbonyl (C=O) groups is 2. The number of Topliss-reactive ketones (excluding diaryl/α,β-unsaturated/α-hetero) is 1. The highest BCUT2D eigenvalue weighted by atomic mass is 32.1. The van der Waals surface area contributed by atoms with Gasteiger partial charge in [0.2, 0.25) is 5.91 Å². The third-order valence-corrected chi connectivity index (χ3v) is 9.99. The van der Waals surface area contributed by atoms with Crippen LogP contribution in [0.25, 0.3) is 0 Å². The Bertz CT molecular complexity index is 1140. The minimum absolute atomic E-state index is 0.110. The van der Waals surface area contributed by atoms with Gasteiger partial charge in [-0.05, 0) is 77.5 Å². The van der Waals surface area contributed by atoms with Gasteiger partial charge in [-0.3, -0.25) is 9.69 Å². The average Bonchev–Trinajstić information content (AvgIpc) is 3.45. The van der Waals surface area contributed by atoms with Gasteiger partial charge in [0, 0.05) is 59.9 Å². The fourth-order valence-corrected chi connectivity index (χ4v) is 8.03. The SMILES string of the molecule is CC(=O)C[C@@H](CCN1C2CCC1CC(n1c(C)nc3c1CCN(C(=O)C1CC1)C3)C2)c1ccc(F)s1. The minimum atomic E-state index is -0.168. The molecule has 8 heteroatoms. The molecule has 0 N–H and O–H groups in total. The van der Waals surface area contributed by atoms with Crippen molar-refractivity contribution in [2.24, 2.45) is 5.92 Å². The van der Waals surface area contributed by atoms with E-state index >= 15 is 0 Å². The molecule has 194 valence electrons. The van der Waals surface area contributed by atoms with Crippen LogP contribution in [-0.4, -0.2) is 56.2 Å². The van der Waals surface area contributed by atoms with Crippen LogP contribution < -0.4 is 0 Å². The van der Waals surface area contributed by atoms with E-state index in [9.17, 15) is 14.0 Å². The number of hydrogen-bond acceptors (Lipinski definition) is 5. The van der Waals surface area contributed by atoms with Gasteiger partial charge < -0.3 is 14.3 Å². The molecule has 6 rings (SSSR count). The minimum Gasteiger partial charge on any atom is -0.336 e. The Hall–Kier alpha value is -2.06. The molecular weight excluding hydrogens is 475 g/mol. The fourth-order valence-electron chi connectivity index (χ4n) is 7.17. The lowest BCUT2D eigenvalue weighted by Crippen LogP contribution is -2.44. The normalized spacial score (nSPS) is 26.8. The Morgan fingerprint density at radius 2 is 1.89 bits per heavy atom. The van der Waals surface area contributed by atoms with Crippen LogP contribution in [0, 0.1) is 18.0 Å². The number of hydrogen-bond donors (Lipinski definition) is 0. The van der Waals surface area contributed by atoms with Crippen molar-refractivity contribution in [1.29, 1.82) is 0 Å². The van der Waals surface area contributed by atoms with E-state index in [-0.39, 0.29) is 22.7 Å². The van der Waals surface area contributed by atoms with Gasteiger partial charge in [0.1, 0.15) is 11.6 Å². The fraction of sp³-hybridized carbons (Fsp3) is 0.679. The summed E-state index contributed by atoms with van der Waals surface area (Å²) in [6.07, 6.45) is 9.14. The van der Waals surface area contributed by atoms with Gasteiger partial charge in [-0.25, -0.2) is 4.98 Å². The van der Waals surface area contributed by atoms with Crippen LogP contribution in [-0.2, 0) is 22.6 Å². The van der Waals surface area contributed by atoms with Crippen molar-refractivity contribution >= 4 is 23.0 Å². The van der Waals surface area contributed by atoms with Crippen molar-refractivity contribution in [1.82, 2.24) is 19.4 Å². The van der Waals surface area contributed by atoms with E-state index in [4.69, 9.17) is 4.98 Å². The number of nitrogens with zero attached hydrogens (tertiary/aromatic N) is 4. The summed E-state index contributed by atoms with van der Waals surface area (Å²) in [6, 6.07) is 4.97. The predicted octanol–water partition coefficient (Wildman–Crippen LogP) is 5.01. The Kier molecular flexibility index (Phi) is 6.53. The van der Waals surface area contributed by atoms with E-state index in [1.165, 1.54) is 35.9 Å². The Labute approximate surface area is 216 Å². The average molecular weight is 513 g/mol. The zero-order valence-electron chi connectivity index (χ0n) is 21.4. The lowest BCUT2D eigenvalue weighted by Gasteiger charge is -2.41. The third-order valence-electron chi connectivity index (χ3n) is 8.96. The number of aryl methyl sites for hydroxylation is 1. The van der Waals surface area contributed by atoms with Gasteiger partial charge in [-0.2, -0.15) is 4.39 Å². The standard InChI is InChI=1S/C28H37FN4O2S/c1-17(34)13-20(26-7-8-27(29)36-26)9-12-32-21-5-6-22(32)15-23(14-21)33-18(2)30-24-16-31(11-10-25(24)33)28(35)19-3-4-19/h7-8,19-23H,3-6,9-16H2,1-2H3/t20-,21?,22?,23?/m1/s1. The van der Waals surface area contributed by atoms with Crippen molar-refractivity contribution in [3.8, 4) is 0 Å². The zero-order valence-corrected chi connectivity index (χ0v) is 22.2. The topological polar surface area (TPSA) is 58.4 Å². The lowest BCUT2D eigenvalue weighted by atomic mass is 9.93. The number of piperidine rings is 1. The van der Waals surface area contributed by atoms with Crippen molar-refractivity contribution < 1.29 is 14.0 Å². The van der Waals surface area contributed by atoms with E-state index < -0.39 is 0 Å². The summed E-state index contributed by atoms with van der Waals surface area (Å²) in [5.41, 5.74) is 2.46. The molecule has 0 aromatic carbocycles. The van der Waals surface area contributed by atoms with Crippen LogP contribution in [0.15, 0.2) is 12.1 Å². The number of carbonyl (C=O) groups excluding carboxylic acids is 2. The van der Waals surface area contributed by atoms with Crippen LogP contribution in [0.2, 0.25) is 0 Å². The molecule has 4 aliphatic rings. The lowest BCUT2D eigenvalue weighted by molar-refractivity contribution is -0.133. The van der Waals surface area contributed by atoms with Gasteiger partial charge in [0.05, 0.1) is 12.2 Å². The molecule has 5 heterocycles.